The van der Waals surface area contributed by atoms with Crippen molar-refractivity contribution in [3.63, 3.8) is 0 Å². The van der Waals surface area contributed by atoms with E-state index in [-0.39, 0.29) is 12.3 Å². The van der Waals surface area contributed by atoms with Crippen LogP contribution in [0.5, 0.6) is 11.5 Å². The summed E-state index contributed by atoms with van der Waals surface area (Å²) in [6, 6.07) is 21.6. The Morgan fingerprint density at radius 3 is 2.37 bits per heavy atom. The van der Waals surface area contributed by atoms with E-state index in [1.165, 1.54) is 12.1 Å². The van der Waals surface area contributed by atoms with Crippen molar-refractivity contribution in [2.24, 2.45) is 0 Å². The Bertz CT molecular complexity index is 1110. The number of nitriles is 1. The molecule has 150 valence electrons. The average molecular weight is 400 g/mol. The van der Waals surface area contributed by atoms with Crippen LogP contribution in [0, 0.1) is 28.4 Å². The third-order valence-electron chi connectivity index (χ3n) is 4.52. The van der Waals surface area contributed by atoms with E-state index in [1.54, 1.807) is 37.5 Å². The van der Waals surface area contributed by atoms with Crippen molar-refractivity contribution in [3.05, 3.63) is 99.1 Å². The van der Waals surface area contributed by atoms with Gasteiger partial charge in [0.25, 0.3) is 5.69 Å². The molecule has 0 amide bonds. The summed E-state index contributed by atoms with van der Waals surface area (Å²) < 4.78 is 11.3. The van der Waals surface area contributed by atoms with Crippen molar-refractivity contribution < 1.29 is 14.4 Å². The lowest BCUT2D eigenvalue weighted by atomic mass is 10.0. The van der Waals surface area contributed by atoms with Crippen molar-refractivity contribution in [3.8, 4) is 17.6 Å². The molecule has 6 nitrogen and oxygen atoms in total. The Hall–Kier alpha value is -4.11. The molecule has 0 aromatic heterocycles. The zero-order chi connectivity index (χ0) is 21.5. The first-order valence-corrected chi connectivity index (χ1v) is 9.23. The molecule has 30 heavy (non-hydrogen) atoms. The Kier molecular flexibility index (Phi) is 6.46. The van der Waals surface area contributed by atoms with E-state index in [0.29, 0.717) is 17.1 Å². The summed E-state index contributed by atoms with van der Waals surface area (Å²) in [5.41, 5.74) is 4.18. The van der Waals surface area contributed by atoms with Gasteiger partial charge >= 0.3 is 0 Å². The highest BCUT2D eigenvalue weighted by atomic mass is 16.6. The van der Waals surface area contributed by atoms with Gasteiger partial charge in [0, 0.05) is 12.1 Å². The molecule has 0 saturated heterocycles. The standard InChI is InChI=1S/C24H20N2O4/c1-17-3-8-20(9-4-17)21(15-25)13-19-7-12-23(24(14-19)29-2)30-16-18-5-10-22(11-6-18)26(27)28/h3-14H,16H2,1-2H3/b21-13-. The molecular weight excluding hydrogens is 380 g/mol. The molecule has 6 heteroatoms. The normalized spacial score (nSPS) is 10.9. The highest BCUT2D eigenvalue weighted by Gasteiger charge is 2.09. The molecule has 0 radical (unpaired) electrons. The Morgan fingerprint density at radius 2 is 1.77 bits per heavy atom. The maximum atomic E-state index is 10.7. The third-order valence-corrected chi connectivity index (χ3v) is 4.52. The van der Waals surface area contributed by atoms with Crippen molar-refractivity contribution in [1.82, 2.24) is 0 Å². The second kappa shape index (κ2) is 9.39. The molecule has 0 N–H and O–H groups in total. The minimum absolute atomic E-state index is 0.0364. The number of aryl methyl sites for hydroxylation is 1. The SMILES string of the molecule is COc1cc(/C=C(/C#N)c2ccc(C)cc2)ccc1OCc1ccc([N+](=O)[O-])cc1. The summed E-state index contributed by atoms with van der Waals surface area (Å²) in [5, 5.41) is 20.3. The van der Waals surface area contributed by atoms with E-state index in [0.717, 1.165) is 22.3 Å². The number of nitrogens with zero attached hydrogens (tertiary/aromatic N) is 2. The molecule has 0 fully saturated rings. The number of rotatable bonds is 7. The van der Waals surface area contributed by atoms with Gasteiger partial charge in [-0.3, -0.25) is 10.1 Å². The van der Waals surface area contributed by atoms with Gasteiger partial charge in [-0.05, 0) is 54.0 Å². The Morgan fingerprint density at radius 1 is 1.07 bits per heavy atom. The number of nitro groups is 1. The van der Waals surface area contributed by atoms with E-state index < -0.39 is 4.92 Å². The fraction of sp³-hybridized carbons (Fsp3) is 0.125. The topological polar surface area (TPSA) is 85.4 Å². The number of hydrogen-bond donors (Lipinski definition) is 0. The molecule has 0 heterocycles. The summed E-state index contributed by atoms with van der Waals surface area (Å²) in [4.78, 5) is 10.3. The predicted octanol–water partition coefficient (Wildman–Crippen LogP) is 5.56. The first kappa shape index (κ1) is 20.6. The summed E-state index contributed by atoms with van der Waals surface area (Å²) >= 11 is 0. The molecule has 0 aliphatic carbocycles. The molecule has 0 aliphatic rings. The maximum Gasteiger partial charge on any atom is 0.269 e. The van der Waals surface area contributed by atoms with Crippen LogP contribution in [0.3, 0.4) is 0 Å². The number of allylic oxidation sites excluding steroid dienone is 1. The Balaban J connectivity index is 1.78. The first-order chi connectivity index (χ1) is 14.5. The number of nitro benzene ring substituents is 1. The number of hydrogen-bond acceptors (Lipinski definition) is 5. The number of ether oxygens (including phenoxy) is 2. The van der Waals surface area contributed by atoms with Gasteiger partial charge in [0.15, 0.2) is 11.5 Å². The van der Waals surface area contributed by atoms with Crippen LogP contribution >= 0.6 is 0 Å². The monoisotopic (exact) mass is 400 g/mol. The first-order valence-electron chi connectivity index (χ1n) is 9.23. The van der Waals surface area contributed by atoms with E-state index in [9.17, 15) is 15.4 Å². The van der Waals surface area contributed by atoms with Crippen LogP contribution in [-0.2, 0) is 6.61 Å². The van der Waals surface area contributed by atoms with Gasteiger partial charge < -0.3 is 9.47 Å². The van der Waals surface area contributed by atoms with Gasteiger partial charge in [0.05, 0.1) is 23.7 Å². The second-order valence-corrected chi connectivity index (χ2v) is 6.66. The minimum Gasteiger partial charge on any atom is -0.493 e. The lowest BCUT2D eigenvalue weighted by Gasteiger charge is -2.11. The largest absolute Gasteiger partial charge is 0.493 e. The molecule has 3 rings (SSSR count). The third kappa shape index (κ3) is 5.03. The van der Waals surface area contributed by atoms with Gasteiger partial charge in [0.2, 0.25) is 0 Å². The van der Waals surface area contributed by atoms with Crippen molar-refractivity contribution in [2.75, 3.05) is 7.11 Å². The molecule has 3 aromatic rings. The van der Waals surface area contributed by atoms with Crippen LogP contribution in [0.2, 0.25) is 0 Å². The number of methoxy groups -OCH3 is 1. The summed E-state index contributed by atoms with van der Waals surface area (Å²) in [6.07, 6.45) is 1.80. The van der Waals surface area contributed by atoms with Crippen molar-refractivity contribution in [1.29, 1.82) is 5.26 Å². The minimum atomic E-state index is -0.438. The van der Waals surface area contributed by atoms with E-state index in [4.69, 9.17) is 9.47 Å². The van der Waals surface area contributed by atoms with Crippen LogP contribution in [-0.4, -0.2) is 12.0 Å². The quantitative estimate of drug-likeness (QED) is 0.224. The lowest BCUT2D eigenvalue weighted by Crippen LogP contribution is -1.98. The van der Waals surface area contributed by atoms with E-state index >= 15 is 0 Å². The van der Waals surface area contributed by atoms with Gasteiger partial charge in [-0.15, -0.1) is 0 Å². The van der Waals surface area contributed by atoms with Crippen molar-refractivity contribution >= 4 is 17.3 Å². The van der Waals surface area contributed by atoms with Crippen LogP contribution in [0.4, 0.5) is 5.69 Å². The molecule has 0 bridgehead atoms. The highest BCUT2D eigenvalue weighted by molar-refractivity contribution is 5.89. The maximum absolute atomic E-state index is 10.7. The van der Waals surface area contributed by atoms with Gasteiger partial charge in [-0.1, -0.05) is 35.9 Å². The predicted molar refractivity (Wildman–Crippen MR) is 115 cm³/mol. The highest BCUT2D eigenvalue weighted by Crippen LogP contribution is 2.30. The van der Waals surface area contributed by atoms with E-state index in [1.807, 2.05) is 37.3 Å². The molecule has 0 aliphatic heterocycles. The van der Waals surface area contributed by atoms with Crippen molar-refractivity contribution in [2.45, 2.75) is 13.5 Å². The smallest absolute Gasteiger partial charge is 0.269 e. The Labute approximate surface area is 174 Å². The molecule has 0 saturated carbocycles. The number of benzene rings is 3. The van der Waals surface area contributed by atoms with Gasteiger partial charge in [0.1, 0.15) is 6.61 Å². The summed E-state index contributed by atoms with van der Waals surface area (Å²) in [6.45, 7) is 2.25. The summed E-state index contributed by atoms with van der Waals surface area (Å²) in [5.74, 6) is 1.08. The molecule has 3 aromatic carbocycles. The van der Waals surface area contributed by atoms with Crippen LogP contribution in [0.15, 0.2) is 66.7 Å². The zero-order valence-electron chi connectivity index (χ0n) is 16.7. The van der Waals surface area contributed by atoms with Crippen LogP contribution in [0.25, 0.3) is 11.6 Å². The second-order valence-electron chi connectivity index (χ2n) is 6.66. The molecule has 0 unspecified atom stereocenters. The fourth-order valence-electron chi connectivity index (χ4n) is 2.85. The van der Waals surface area contributed by atoms with Gasteiger partial charge in [-0.2, -0.15) is 5.26 Å². The lowest BCUT2D eigenvalue weighted by molar-refractivity contribution is -0.384. The molecule has 0 atom stereocenters. The molecule has 0 spiro atoms. The van der Waals surface area contributed by atoms with Gasteiger partial charge in [-0.25, -0.2) is 0 Å². The number of non-ortho nitro benzene ring substituents is 1. The summed E-state index contributed by atoms with van der Waals surface area (Å²) in [7, 11) is 1.55. The van der Waals surface area contributed by atoms with Crippen LogP contribution in [0.1, 0.15) is 22.3 Å². The van der Waals surface area contributed by atoms with Crippen LogP contribution < -0.4 is 9.47 Å². The fourth-order valence-corrected chi connectivity index (χ4v) is 2.85. The zero-order valence-corrected chi connectivity index (χ0v) is 16.7. The molecular formula is C24H20N2O4. The average Bonchev–Trinajstić information content (AvgIpc) is 2.77. The van der Waals surface area contributed by atoms with E-state index in [2.05, 4.69) is 6.07 Å².